The van der Waals surface area contributed by atoms with Crippen LogP contribution in [0.4, 0.5) is 0 Å². The Morgan fingerprint density at radius 3 is 2.81 bits per heavy atom. The smallest absolute Gasteiger partial charge is 0.227 e. The molecular formula is C24H29N3O4. The van der Waals surface area contributed by atoms with Crippen LogP contribution in [-0.2, 0) is 16.0 Å². The van der Waals surface area contributed by atoms with E-state index in [1.54, 1.807) is 20.4 Å². The van der Waals surface area contributed by atoms with Gasteiger partial charge in [0.1, 0.15) is 0 Å². The number of rotatable bonds is 5. The summed E-state index contributed by atoms with van der Waals surface area (Å²) in [5.41, 5.74) is 1.49. The Morgan fingerprint density at radius 1 is 1.23 bits per heavy atom. The molecule has 1 N–H and O–H groups in total. The molecular weight excluding hydrogens is 394 g/mol. The second-order valence-electron chi connectivity index (χ2n) is 8.39. The van der Waals surface area contributed by atoms with Gasteiger partial charge in [-0.2, -0.15) is 0 Å². The molecule has 31 heavy (non-hydrogen) atoms. The number of hydrogen-bond donors (Lipinski definition) is 1. The van der Waals surface area contributed by atoms with Gasteiger partial charge >= 0.3 is 0 Å². The van der Waals surface area contributed by atoms with Crippen LogP contribution in [-0.4, -0.2) is 54.5 Å². The Labute approximate surface area is 182 Å². The van der Waals surface area contributed by atoms with Crippen molar-refractivity contribution in [2.45, 2.75) is 43.6 Å². The van der Waals surface area contributed by atoms with E-state index in [1.807, 2.05) is 41.4 Å². The Kier molecular flexibility index (Phi) is 6.11. The number of pyridine rings is 1. The Morgan fingerprint density at radius 2 is 2.06 bits per heavy atom. The third-order valence-electron chi connectivity index (χ3n) is 6.45. The Hall–Kier alpha value is -3.09. The molecule has 2 aliphatic heterocycles. The zero-order valence-corrected chi connectivity index (χ0v) is 18.1. The van der Waals surface area contributed by atoms with Crippen molar-refractivity contribution in [2.75, 3.05) is 27.3 Å². The number of carbonyl (C=O) groups excluding carboxylic acids is 2. The Bertz CT molecular complexity index is 949. The molecule has 2 aliphatic rings. The lowest BCUT2D eigenvalue weighted by Crippen LogP contribution is -2.53. The van der Waals surface area contributed by atoms with Gasteiger partial charge in [-0.3, -0.25) is 14.6 Å². The van der Waals surface area contributed by atoms with Crippen molar-refractivity contribution in [1.82, 2.24) is 15.2 Å². The first kappa shape index (κ1) is 21.2. The van der Waals surface area contributed by atoms with Crippen LogP contribution in [0.15, 0.2) is 42.7 Å². The molecule has 0 radical (unpaired) electrons. The number of amides is 2. The minimum absolute atomic E-state index is 0.0256. The van der Waals surface area contributed by atoms with Crippen molar-refractivity contribution < 1.29 is 19.1 Å². The first-order valence-electron chi connectivity index (χ1n) is 10.7. The number of nitrogens with one attached hydrogen (secondary N) is 1. The highest BCUT2D eigenvalue weighted by Gasteiger charge is 2.49. The zero-order chi connectivity index (χ0) is 21.8. The maximum absolute atomic E-state index is 13.3. The first-order valence-corrected chi connectivity index (χ1v) is 10.7. The molecule has 4 rings (SSSR count). The van der Waals surface area contributed by atoms with E-state index >= 15 is 0 Å². The molecule has 0 saturated carbocycles. The van der Waals surface area contributed by atoms with E-state index in [0.29, 0.717) is 31.0 Å². The van der Waals surface area contributed by atoms with Crippen molar-refractivity contribution in [1.29, 1.82) is 0 Å². The number of ether oxygens (including phenoxy) is 2. The molecule has 2 saturated heterocycles. The van der Waals surface area contributed by atoms with Crippen LogP contribution < -0.4 is 14.8 Å². The van der Waals surface area contributed by atoms with Crippen LogP contribution in [0.1, 0.15) is 42.7 Å². The minimum atomic E-state index is -0.441. The van der Waals surface area contributed by atoms with E-state index in [4.69, 9.17) is 9.47 Å². The molecule has 0 bridgehead atoms. The minimum Gasteiger partial charge on any atom is -0.493 e. The average Bonchev–Trinajstić information content (AvgIpc) is 3.05. The van der Waals surface area contributed by atoms with E-state index in [1.165, 1.54) is 0 Å². The molecule has 7 nitrogen and oxygen atoms in total. The van der Waals surface area contributed by atoms with Crippen molar-refractivity contribution in [3.05, 3.63) is 53.9 Å². The van der Waals surface area contributed by atoms with E-state index in [9.17, 15) is 9.59 Å². The summed E-state index contributed by atoms with van der Waals surface area (Å²) >= 11 is 0. The standard InChI is InChI=1S/C24H29N3O4/c1-30-20-9-8-17(12-21(20)31-2)13-23(29)27-15-19(18-6-5-11-25-14-18)24(16-27)10-4-3-7-22(28)26-24/h5-6,8-9,11-12,14,19H,3-4,7,10,13,15-16H2,1-2H3,(H,26,28)/t19-,24+/m0/s1. The summed E-state index contributed by atoms with van der Waals surface area (Å²) in [6, 6.07) is 9.50. The third kappa shape index (κ3) is 4.36. The fraction of sp³-hybridized carbons (Fsp3) is 0.458. The van der Waals surface area contributed by atoms with Gasteiger partial charge in [0, 0.05) is 37.8 Å². The monoisotopic (exact) mass is 423 g/mol. The van der Waals surface area contributed by atoms with Crippen LogP contribution in [0.3, 0.4) is 0 Å². The van der Waals surface area contributed by atoms with Gasteiger partial charge in [0.25, 0.3) is 0 Å². The van der Waals surface area contributed by atoms with Gasteiger partial charge in [0.05, 0.1) is 26.2 Å². The third-order valence-corrected chi connectivity index (χ3v) is 6.45. The molecule has 2 aromatic rings. The fourth-order valence-electron chi connectivity index (χ4n) is 4.89. The number of carbonyl (C=O) groups is 2. The molecule has 0 unspecified atom stereocenters. The van der Waals surface area contributed by atoms with E-state index in [2.05, 4.69) is 10.3 Å². The molecule has 3 heterocycles. The molecule has 1 aromatic heterocycles. The summed E-state index contributed by atoms with van der Waals surface area (Å²) < 4.78 is 10.7. The van der Waals surface area contributed by atoms with E-state index in [-0.39, 0.29) is 24.2 Å². The van der Waals surface area contributed by atoms with Crippen molar-refractivity contribution in [3.8, 4) is 11.5 Å². The SMILES string of the molecule is COc1ccc(CC(=O)N2C[C@@H](c3cccnc3)[C@@]3(CCCCC(=O)N3)C2)cc1OC. The van der Waals surface area contributed by atoms with Gasteiger partial charge in [0.15, 0.2) is 11.5 Å². The van der Waals surface area contributed by atoms with Crippen LogP contribution in [0.2, 0.25) is 0 Å². The number of benzene rings is 1. The second kappa shape index (κ2) is 8.96. The zero-order valence-electron chi connectivity index (χ0n) is 18.1. The summed E-state index contributed by atoms with van der Waals surface area (Å²) in [5.74, 6) is 1.38. The number of nitrogens with zero attached hydrogens (tertiary/aromatic N) is 2. The Balaban J connectivity index is 1.58. The summed E-state index contributed by atoms with van der Waals surface area (Å²) in [5, 5.41) is 3.29. The lowest BCUT2D eigenvalue weighted by atomic mass is 9.79. The van der Waals surface area contributed by atoms with Crippen molar-refractivity contribution in [3.63, 3.8) is 0 Å². The van der Waals surface area contributed by atoms with Gasteiger partial charge in [0.2, 0.25) is 11.8 Å². The van der Waals surface area contributed by atoms with Gasteiger partial charge < -0.3 is 19.7 Å². The second-order valence-corrected chi connectivity index (χ2v) is 8.39. The van der Waals surface area contributed by atoms with Gasteiger partial charge in [-0.15, -0.1) is 0 Å². The molecule has 2 atom stereocenters. The summed E-state index contributed by atoms with van der Waals surface area (Å²) in [6.45, 7) is 1.09. The summed E-state index contributed by atoms with van der Waals surface area (Å²) in [6.07, 6.45) is 7.12. The molecule has 7 heteroatoms. The van der Waals surface area contributed by atoms with Gasteiger partial charge in [-0.1, -0.05) is 18.6 Å². The molecule has 1 aromatic carbocycles. The summed E-state index contributed by atoms with van der Waals surface area (Å²) in [4.78, 5) is 31.9. The number of methoxy groups -OCH3 is 2. The quantitative estimate of drug-likeness (QED) is 0.800. The normalized spacial score (nSPS) is 23.4. The van der Waals surface area contributed by atoms with Crippen LogP contribution >= 0.6 is 0 Å². The largest absolute Gasteiger partial charge is 0.493 e. The number of hydrogen-bond acceptors (Lipinski definition) is 5. The van der Waals surface area contributed by atoms with Crippen LogP contribution in [0, 0.1) is 0 Å². The highest BCUT2D eigenvalue weighted by molar-refractivity contribution is 5.81. The summed E-state index contributed by atoms with van der Waals surface area (Å²) in [7, 11) is 3.17. The van der Waals surface area contributed by atoms with E-state index < -0.39 is 5.54 Å². The molecule has 2 amide bonds. The fourth-order valence-corrected chi connectivity index (χ4v) is 4.89. The van der Waals surface area contributed by atoms with Crippen molar-refractivity contribution >= 4 is 11.8 Å². The number of likely N-dealkylation sites (tertiary alicyclic amines) is 1. The highest BCUT2D eigenvalue weighted by Crippen LogP contribution is 2.41. The van der Waals surface area contributed by atoms with Gasteiger partial charge in [-0.05, 0) is 42.2 Å². The highest BCUT2D eigenvalue weighted by atomic mass is 16.5. The lowest BCUT2D eigenvalue weighted by Gasteiger charge is -2.34. The maximum atomic E-state index is 13.3. The van der Waals surface area contributed by atoms with E-state index in [0.717, 1.165) is 30.4 Å². The van der Waals surface area contributed by atoms with Crippen LogP contribution in [0.5, 0.6) is 11.5 Å². The first-order chi connectivity index (χ1) is 15.0. The number of aromatic nitrogens is 1. The molecule has 1 spiro atoms. The molecule has 164 valence electrons. The predicted octanol–water partition coefficient (Wildman–Crippen LogP) is 2.70. The maximum Gasteiger partial charge on any atom is 0.227 e. The average molecular weight is 424 g/mol. The lowest BCUT2D eigenvalue weighted by molar-refractivity contribution is -0.130. The predicted molar refractivity (Wildman–Crippen MR) is 116 cm³/mol. The van der Waals surface area contributed by atoms with Crippen molar-refractivity contribution in [2.24, 2.45) is 0 Å². The molecule has 0 aliphatic carbocycles. The van der Waals surface area contributed by atoms with Crippen LogP contribution in [0.25, 0.3) is 0 Å². The van der Waals surface area contributed by atoms with Gasteiger partial charge in [-0.25, -0.2) is 0 Å². The topological polar surface area (TPSA) is 80.8 Å². The molecule has 2 fully saturated rings.